The minimum atomic E-state index is -0.527. The molecular formula is C25H29NO5. The maximum Gasteiger partial charge on any atom is 0.222 e. The average molecular weight is 424 g/mol. The molecule has 0 aromatic heterocycles. The van der Waals surface area contributed by atoms with E-state index in [0.29, 0.717) is 68.9 Å². The lowest BCUT2D eigenvalue weighted by Crippen LogP contribution is -2.52. The highest BCUT2D eigenvalue weighted by Crippen LogP contribution is 2.40. The Balaban J connectivity index is 1.27. The van der Waals surface area contributed by atoms with Crippen LogP contribution in [0.1, 0.15) is 48.0 Å². The van der Waals surface area contributed by atoms with Gasteiger partial charge in [-0.05, 0) is 37.1 Å². The third-order valence-electron chi connectivity index (χ3n) is 6.21. The SMILES string of the molecule is COc1ccc2c(c1)OC1(CCN(C(=O)CCCOc3ccccc3C)CC1)CC2=O. The first kappa shape index (κ1) is 21.2. The van der Waals surface area contributed by atoms with Gasteiger partial charge in [-0.25, -0.2) is 0 Å². The van der Waals surface area contributed by atoms with E-state index in [9.17, 15) is 9.59 Å². The average Bonchev–Trinajstić information content (AvgIpc) is 2.77. The maximum atomic E-state index is 12.7. The van der Waals surface area contributed by atoms with Crippen molar-refractivity contribution in [2.24, 2.45) is 0 Å². The van der Waals surface area contributed by atoms with Crippen molar-refractivity contribution in [3.8, 4) is 17.2 Å². The van der Waals surface area contributed by atoms with Crippen LogP contribution in [-0.2, 0) is 4.79 Å². The van der Waals surface area contributed by atoms with Crippen LogP contribution in [0.15, 0.2) is 42.5 Å². The van der Waals surface area contributed by atoms with Gasteiger partial charge < -0.3 is 19.1 Å². The molecule has 0 unspecified atom stereocenters. The molecular weight excluding hydrogens is 394 g/mol. The van der Waals surface area contributed by atoms with Gasteiger partial charge in [-0.15, -0.1) is 0 Å². The van der Waals surface area contributed by atoms with Crippen LogP contribution in [0.2, 0.25) is 0 Å². The van der Waals surface area contributed by atoms with Crippen molar-refractivity contribution in [2.75, 3.05) is 26.8 Å². The minimum absolute atomic E-state index is 0.0945. The van der Waals surface area contributed by atoms with Gasteiger partial charge in [0.25, 0.3) is 0 Å². The van der Waals surface area contributed by atoms with E-state index in [1.165, 1.54) is 0 Å². The topological polar surface area (TPSA) is 65.1 Å². The van der Waals surface area contributed by atoms with E-state index < -0.39 is 5.60 Å². The maximum absolute atomic E-state index is 12.7. The highest BCUT2D eigenvalue weighted by Gasteiger charge is 2.43. The number of Topliss-reactive ketones (excluding diaryl/α,β-unsaturated/α-hetero) is 1. The number of methoxy groups -OCH3 is 1. The Kier molecular flexibility index (Phi) is 6.16. The van der Waals surface area contributed by atoms with Crippen LogP contribution in [-0.4, -0.2) is 49.0 Å². The van der Waals surface area contributed by atoms with Crippen LogP contribution >= 0.6 is 0 Å². The molecule has 1 fully saturated rings. The molecule has 1 amide bonds. The largest absolute Gasteiger partial charge is 0.497 e. The molecule has 164 valence electrons. The van der Waals surface area contributed by atoms with Crippen molar-refractivity contribution in [3.05, 3.63) is 53.6 Å². The first-order chi connectivity index (χ1) is 15.0. The van der Waals surface area contributed by atoms with E-state index in [2.05, 4.69) is 0 Å². The zero-order chi connectivity index (χ0) is 21.8. The van der Waals surface area contributed by atoms with Crippen molar-refractivity contribution < 1.29 is 23.8 Å². The normalized spacial score (nSPS) is 17.1. The summed E-state index contributed by atoms with van der Waals surface area (Å²) in [7, 11) is 1.60. The summed E-state index contributed by atoms with van der Waals surface area (Å²) in [6, 6.07) is 13.2. The lowest BCUT2D eigenvalue weighted by atomic mass is 9.82. The number of piperidine rings is 1. The Bertz CT molecular complexity index is 962. The first-order valence-electron chi connectivity index (χ1n) is 10.9. The molecule has 31 heavy (non-hydrogen) atoms. The van der Waals surface area contributed by atoms with Crippen LogP contribution < -0.4 is 14.2 Å². The number of aryl methyl sites for hydroxylation is 1. The molecule has 0 bridgehead atoms. The lowest BCUT2D eigenvalue weighted by Gasteiger charge is -2.44. The fourth-order valence-electron chi connectivity index (χ4n) is 4.33. The molecule has 6 nitrogen and oxygen atoms in total. The summed E-state index contributed by atoms with van der Waals surface area (Å²) in [6.07, 6.45) is 2.80. The van der Waals surface area contributed by atoms with Crippen LogP contribution in [0.5, 0.6) is 17.2 Å². The highest BCUT2D eigenvalue weighted by molar-refractivity contribution is 6.00. The number of nitrogens with zero attached hydrogens (tertiary/aromatic N) is 1. The molecule has 0 saturated carbocycles. The number of benzene rings is 2. The monoisotopic (exact) mass is 423 g/mol. The number of likely N-dealkylation sites (tertiary alicyclic amines) is 1. The van der Waals surface area contributed by atoms with Crippen molar-refractivity contribution >= 4 is 11.7 Å². The van der Waals surface area contributed by atoms with E-state index in [-0.39, 0.29) is 11.7 Å². The third-order valence-corrected chi connectivity index (χ3v) is 6.21. The van der Waals surface area contributed by atoms with Gasteiger partial charge in [0.05, 0.1) is 25.7 Å². The third kappa shape index (κ3) is 4.68. The van der Waals surface area contributed by atoms with Crippen molar-refractivity contribution in [1.29, 1.82) is 0 Å². The zero-order valence-electron chi connectivity index (χ0n) is 18.2. The number of hydrogen-bond acceptors (Lipinski definition) is 5. The van der Waals surface area contributed by atoms with Gasteiger partial charge in [0.2, 0.25) is 5.91 Å². The number of amides is 1. The van der Waals surface area contributed by atoms with Crippen molar-refractivity contribution in [1.82, 2.24) is 4.90 Å². The molecule has 0 radical (unpaired) electrons. The second-order valence-electron chi connectivity index (χ2n) is 8.35. The summed E-state index contributed by atoms with van der Waals surface area (Å²) < 4.78 is 17.4. The summed E-state index contributed by atoms with van der Waals surface area (Å²) in [5.41, 5.74) is 1.18. The summed E-state index contributed by atoms with van der Waals surface area (Å²) in [6.45, 7) is 3.73. The Morgan fingerprint density at radius 1 is 1.16 bits per heavy atom. The molecule has 2 aliphatic heterocycles. The van der Waals surface area contributed by atoms with Crippen LogP contribution in [0.25, 0.3) is 0 Å². The summed E-state index contributed by atoms with van der Waals surface area (Å²) >= 11 is 0. The van der Waals surface area contributed by atoms with E-state index >= 15 is 0 Å². The van der Waals surface area contributed by atoms with Gasteiger partial charge in [-0.2, -0.15) is 0 Å². The first-order valence-corrected chi connectivity index (χ1v) is 10.9. The Morgan fingerprint density at radius 2 is 1.94 bits per heavy atom. The molecule has 2 aromatic carbocycles. The molecule has 1 spiro atoms. The van der Waals surface area contributed by atoms with Crippen LogP contribution in [0.3, 0.4) is 0 Å². The van der Waals surface area contributed by atoms with E-state index in [4.69, 9.17) is 14.2 Å². The zero-order valence-corrected chi connectivity index (χ0v) is 18.2. The molecule has 2 aromatic rings. The quantitative estimate of drug-likeness (QED) is 0.652. The number of para-hydroxylation sites is 1. The van der Waals surface area contributed by atoms with E-state index in [1.54, 1.807) is 25.3 Å². The minimum Gasteiger partial charge on any atom is -0.497 e. The number of ketones is 1. The number of ether oxygens (including phenoxy) is 3. The summed E-state index contributed by atoms with van der Waals surface area (Å²) in [5.74, 6) is 2.35. The summed E-state index contributed by atoms with van der Waals surface area (Å²) in [4.78, 5) is 27.2. The lowest BCUT2D eigenvalue weighted by molar-refractivity contribution is -0.135. The standard InChI is InChI=1S/C25H29NO5/c1-18-6-3-4-7-22(18)30-15-5-8-24(28)26-13-11-25(12-14-26)17-21(27)20-10-9-19(29-2)16-23(20)31-25/h3-4,6-7,9-10,16H,5,8,11-15,17H2,1-2H3. The fourth-order valence-corrected chi connectivity index (χ4v) is 4.33. The summed E-state index contributed by atoms with van der Waals surface area (Å²) in [5, 5.41) is 0. The Morgan fingerprint density at radius 3 is 2.68 bits per heavy atom. The number of fused-ring (bicyclic) bond motifs is 1. The second kappa shape index (κ2) is 9.00. The predicted octanol–water partition coefficient (Wildman–Crippen LogP) is 4.19. The molecule has 1 saturated heterocycles. The molecule has 0 N–H and O–H groups in total. The van der Waals surface area contributed by atoms with Gasteiger partial charge in [-0.3, -0.25) is 9.59 Å². The van der Waals surface area contributed by atoms with Gasteiger partial charge in [0.15, 0.2) is 5.78 Å². The highest BCUT2D eigenvalue weighted by atomic mass is 16.5. The predicted molar refractivity (Wildman–Crippen MR) is 117 cm³/mol. The second-order valence-corrected chi connectivity index (χ2v) is 8.35. The molecule has 2 heterocycles. The molecule has 6 heteroatoms. The van der Waals surface area contributed by atoms with Gasteiger partial charge in [0, 0.05) is 38.4 Å². The van der Waals surface area contributed by atoms with Gasteiger partial charge in [-0.1, -0.05) is 18.2 Å². The number of carbonyl (C=O) groups is 2. The molecule has 2 aliphatic rings. The van der Waals surface area contributed by atoms with E-state index in [0.717, 1.165) is 11.3 Å². The van der Waals surface area contributed by atoms with Crippen LogP contribution in [0, 0.1) is 6.92 Å². The Labute approximate surface area is 183 Å². The van der Waals surface area contributed by atoms with E-state index in [1.807, 2.05) is 36.1 Å². The van der Waals surface area contributed by atoms with Crippen molar-refractivity contribution in [2.45, 2.75) is 44.6 Å². The number of carbonyl (C=O) groups excluding carboxylic acids is 2. The number of rotatable bonds is 6. The molecule has 0 aliphatic carbocycles. The smallest absolute Gasteiger partial charge is 0.222 e. The van der Waals surface area contributed by atoms with Crippen LogP contribution in [0.4, 0.5) is 0 Å². The molecule has 0 atom stereocenters. The molecule has 4 rings (SSSR count). The number of hydrogen-bond donors (Lipinski definition) is 0. The fraction of sp³-hybridized carbons (Fsp3) is 0.440. The van der Waals surface area contributed by atoms with Gasteiger partial charge in [0.1, 0.15) is 22.8 Å². The van der Waals surface area contributed by atoms with Crippen molar-refractivity contribution in [3.63, 3.8) is 0 Å². The van der Waals surface area contributed by atoms with Gasteiger partial charge >= 0.3 is 0 Å². The Hall–Kier alpha value is -3.02.